The molecule has 0 radical (unpaired) electrons. The molecule has 0 spiro atoms. The van der Waals surface area contributed by atoms with Crippen molar-refractivity contribution in [3.8, 4) is 0 Å². The summed E-state index contributed by atoms with van der Waals surface area (Å²) in [7, 11) is 2.08. The highest BCUT2D eigenvalue weighted by molar-refractivity contribution is 5.87. The SMILES string of the molecule is [C-]#[N+]c1ccc2[nH]cc(C3CC3CN(C)CCNC(=O)OCCC)c2c1. The number of hydrogen-bond donors (Lipinski definition) is 2. The minimum Gasteiger partial charge on any atom is -0.450 e. The molecule has 1 aromatic carbocycles. The van der Waals surface area contributed by atoms with Crippen LogP contribution in [0.2, 0.25) is 0 Å². The third-order valence-corrected chi connectivity index (χ3v) is 4.89. The van der Waals surface area contributed by atoms with Crippen molar-refractivity contribution >= 4 is 22.7 Å². The summed E-state index contributed by atoms with van der Waals surface area (Å²) >= 11 is 0. The highest BCUT2D eigenvalue weighted by Gasteiger charge is 2.40. The minimum atomic E-state index is -0.334. The van der Waals surface area contributed by atoms with Crippen LogP contribution in [0.5, 0.6) is 0 Å². The second-order valence-corrected chi connectivity index (χ2v) is 7.01. The van der Waals surface area contributed by atoms with E-state index in [0.29, 0.717) is 30.7 Å². The Balaban J connectivity index is 1.47. The highest BCUT2D eigenvalue weighted by atomic mass is 16.5. The van der Waals surface area contributed by atoms with Crippen LogP contribution >= 0.6 is 0 Å². The molecule has 1 fully saturated rings. The Morgan fingerprint density at radius 1 is 1.50 bits per heavy atom. The number of aromatic nitrogens is 1. The third kappa shape index (κ3) is 4.36. The zero-order chi connectivity index (χ0) is 18.5. The number of nitrogens with zero attached hydrogens (tertiary/aromatic N) is 2. The number of carbonyl (C=O) groups excluding carboxylic acids is 1. The molecule has 1 aliphatic carbocycles. The highest BCUT2D eigenvalue weighted by Crippen LogP contribution is 2.50. The van der Waals surface area contributed by atoms with E-state index < -0.39 is 0 Å². The molecular formula is C20H26N4O2. The molecule has 1 aliphatic rings. The summed E-state index contributed by atoms with van der Waals surface area (Å²) in [6, 6.07) is 5.82. The van der Waals surface area contributed by atoms with Crippen LogP contribution in [-0.2, 0) is 4.74 Å². The maximum atomic E-state index is 11.4. The topological polar surface area (TPSA) is 61.7 Å². The smallest absolute Gasteiger partial charge is 0.407 e. The van der Waals surface area contributed by atoms with Crippen molar-refractivity contribution in [3.05, 3.63) is 41.4 Å². The fourth-order valence-corrected chi connectivity index (χ4v) is 3.42. The lowest BCUT2D eigenvalue weighted by molar-refractivity contribution is 0.145. The Labute approximate surface area is 154 Å². The fraction of sp³-hybridized carbons (Fsp3) is 0.500. The van der Waals surface area contributed by atoms with Gasteiger partial charge in [0.2, 0.25) is 0 Å². The molecule has 3 rings (SSSR count). The van der Waals surface area contributed by atoms with Gasteiger partial charge >= 0.3 is 6.09 Å². The Morgan fingerprint density at radius 2 is 2.35 bits per heavy atom. The zero-order valence-electron chi connectivity index (χ0n) is 15.4. The number of benzene rings is 1. The summed E-state index contributed by atoms with van der Waals surface area (Å²) in [6.45, 7) is 12.0. The number of alkyl carbamates (subject to hydrolysis) is 1. The Kier molecular flexibility index (Phi) is 5.79. The van der Waals surface area contributed by atoms with Gasteiger partial charge in [-0.1, -0.05) is 13.0 Å². The maximum absolute atomic E-state index is 11.4. The number of H-pyrrole nitrogens is 1. The van der Waals surface area contributed by atoms with Crippen molar-refractivity contribution in [2.75, 3.05) is 33.3 Å². The molecule has 0 bridgehead atoms. The van der Waals surface area contributed by atoms with Gasteiger partial charge in [-0.2, -0.15) is 0 Å². The minimum absolute atomic E-state index is 0.334. The molecular weight excluding hydrogens is 328 g/mol. The predicted molar refractivity (Wildman–Crippen MR) is 103 cm³/mol. The summed E-state index contributed by atoms with van der Waals surface area (Å²) in [4.78, 5) is 20.5. The quantitative estimate of drug-likeness (QED) is 0.707. The first kappa shape index (κ1) is 18.3. The number of hydrogen-bond acceptors (Lipinski definition) is 3. The number of aromatic amines is 1. The van der Waals surface area contributed by atoms with Crippen LogP contribution in [0, 0.1) is 12.5 Å². The summed E-state index contributed by atoms with van der Waals surface area (Å²) in [6.07, 6.45) is 3.76. The summed E-state index contributed by atoms with van der Waals surface area (Å²) in [5.74, 6) is 1.18. The number of nitrogens with one attached hydrogen (secondary N) is 2. The molecule has 0 aliphatic heterocycles. The van der Waals surface area contributed by atoms with E-state index in [1.165, 1.54) is 17.4 Å². The number of likely N-dealkylation sites (N-methyl/N-ethyl adjacent to an activating group) is 1. The van der Waals surface area contributed by atoms with Gasteiger partial charge in [0, 0.05) is 31.3 Å². The van der Waals surface area contributed by atoms with Crippen molar-refractivity contribution in [1.29, 1.82) is 0 Å². The lowest BCUT2D eigenvalue weighted by atomic mass is 10.1. The number of ether oxygens (including phenoxy) is 1. The van der Waals surface area contributed by atoms with E-state index in [9.17, 15) is 4.79 Å². The van der Waals surface area contributed by atoms with Gasteiger partial charge in [-0.25, -0.2) is 9.64 Å². The summed E-state index contributed by atoms with van der Waals surface area (Å²) in [5, 5.41) is 3.96. The lowest BCUT2D eigenvalue weighted by Gasteiger charge is -2.16. The monoisotopic (exact) mass is 354 g/mol. The second kappa shape index (κ2) is 8.24. The van der Waals surface area contributed by atoms with Crippen LogP contribution in [0.15, 0.2) is 24.4 Å². The average molecular weight is 354 g/mol. The van der Waals surface area contributed by atoms with Gasteiger partial charge in [0.15, 0.2) is 5.69 Å². The summed E-state index contributed by atoms with van der Waals surface area (Å²) < 4.78 is 5.00. The normalized spacial score (nSPS) is 18.7. The molecule has 26 heavy (non-hydrogen) atoms. The molecule has 2 aromatic rings. The van der Waals surface area contributed by atoms with Crippen molar-refractivity contribution in [3.63, 3.8) is 0 Å². The van der Waals surface area contributed by atoms with Crippen LogP contribution in [-0.4, -0.2) is 49.3 Å². The molecule has 0 saturated heterocycles. The van der Waals surface area contributed by atoms with Crippen LogP contribution in [0.3, 0.4) is 0 Å². The first-order chi connectivity index (χ1) is 12.6. The van der Waals surface area contributed by atoms with Crippen molar-refractivity contribution < 1.29 is 9.53 Å². The van der Waals surface area contributed by atoms with Crippen molar-refractivity contribution in [1.82, 2.24) is 15.2 Å². The molecule has 1 aromatic heterocycles. The van der Waals surface area contributed by atoms with Crippen LogP contribution in [0.1, 0.15) is 31.2 Å². The lowest BCUT2D eigenvalue weighted by Crippen LogP contribution is -2.34. The molecule has 1 amide bonds. The average Bonchev–Trinajstić information content (AvgIpc) is 3.26. The van der Waals surface area contributed by atoms with Crippen LogP contribution in [0.25, 0.3) is 15.7 Å². The first-order valence-corrected chi connectivity index (χ1v) is 9.20. The van der Waals surface area contributed by atoms with Crippen molar-refractivity contribution in [2.24, 2.45) is 5.92 Å². The Bertz CT molecular complexity index is 808. The molecule has 6 nitrogen and oxygen atoms in total. The predicted octanol–water partition coefficient (Wildman–Crippen LogP) is 3.89. The maximum Gasteiger partial charge on any atom is 0.407 e. The van der Waals surface area contributed by atoms with E-state index >= 15 is 0 Å². The molecule has 2 N–H and O–H groups in total. The van der Waals surface area contributed by atoms with Crippen LogP contribution < -0.4 is 5.32 Å². The van der Waals surface area contributed by atoms with E-state index in [2.05, 4.69) is 33.3 Å². The number of amides is 1. The van der Waals surface area contributed by atoms with E-state index in [1.54, 1.807) is 0 Å². The van der Waals surface area contributed by atoms with Gasteiger partial charge in [0.05, 0.1) is 13.2 Å². The number of fused-ring (bicyclic) bond motifs is 1. The van der Waals surface area contributed by atoms with E-state index in [4.69, 9.17) is 11.3 Å². The molecule has 6 heteroatoms. The van der Waals surface area contributed by atoms with Gasteiger partial charge in [0.25, 0.3) is 0 Å². The summed E-state index contributed by atoms with van der Waals surface area (Å²) in [5.41, 5.74) is 3.11. The first-order valence-electron chi connectivity index (χ1n) is 9.20. The van der Waals surface area contributed by atoms with E-state index in [1.807, 2.05) is 25.1 Å². The van der Waals surface area contributed by atoms with Gasteiger partial charge in [-0.15, -0.1) is 0 Å². The second-order valence-electron chi connectivity index (χ2n) is 7.01. The largest absolute Gasteiger partial charge is 0.450 e. The molecule has 1 saturated carbocycles. The van der Waals surface area contributed by atoms with E-state index in [0.717, 1.165) is 25.0 Å². The van der Waals surface area contributed by atoms with Gasteiger partial charge in [0.1, 0.15) is 0 Å². The zero-order valence-corrected chi connectivity index (χ0v) is 15.4. The fourth-order valence-electron chi connectivity index (χ4n) is 3.42. The van der Waals surface area contributed by atoms with E-state index in [-0.39, 0.29) is 6.09 Å². The molecule has 1 heterocycles. The Morgan fingerprint density at radius 3 is 3.12 bits per heavy atom. The molecule has 2 atom stereocenters. The van der Waals surface area contributed by atoms with Crippen molar-refractivity contribution in [2.45, 2.75) is 25.7 Å². The standard InChI is InChI=1S/C20H26N4O2/c1-4-9-26-20(25)22-7-8-24(3)13-14-10-16(14)18-12-23-19-6-5-15(21-2)11-17(18)19/h5-6,11-12,14,16,23H,4,7-10,13H2,1,3H3,(H,22,25). The van der Waals surface area contributed by atoms with Gasteiger partial charge in [-0.05, 0) is 54.8 Å². The van der Waals surface area contributed by atoms with Crippen LogP contribution in [0.4, 0.5) is 10.5 Å². The van der Waals surface area contributed by atoms with Gasteiger partial charge < -0.3 is 19.9 Å². The number of rotatable bonds is 8. The third-order valence-electron chi connectivity index (χ3n) is 4.89. The molecule has 2 unspecified atom stereocenters. The number of carbonyl (C=O) groups is 1. The van der Waals surface area contributed by atoms with Gasteiger partial charge in [-0.3, -0.25) is 0 Å². The Hall–Kier alpha value is -2.52. The molecule has 138 valence electrons.